The van der Waals surface area contributed by atoms with Crippen molar-refractivity contribution in [3.05, 3.63) is 35.9 Å². The van der Waals surface area contributed by atoms with Crippen LogP contribution in [0.2, 0.25) is 0 Å². The molecule has 0 bridgehead atoms. The summed E-state index contributed by atoms with van der Waals surface area (Å²) in [5.41, 5.74) is 1.88. The molecule has 0 amide bonds. The SMILES string of the molecule is CC(C)N1CC(C)(c2ccccc2)C1. The van der Waals surface area contributed by atoms with Gasteiger partial charge in [0.25, 0.3) is 0 Å². The van der Waals surface area contributed by atoms with Gasteiger partial charge >= 0.3 is 0 Å². The molecular weight excluding hydrogens is 170 g/mol. The van der Waals surface area contributed by atoms with E-state index >= 15 is 0 Å². The van der Waals surface area contributed by atoms with Gasteiger partial charge < -0.3 is 0 Å². The summed E-state index contributed by atoms with van der Waals surface area (Å²) in [5.74, 6) is 0. The molecule has 14 heavy (non-hydrogen) atoms. The summed E-state index contributed by atoms with van der Waals surface area (Å²) in [6, 6.07) is 11.5. The maximum Gasteiger partial charge on any atom is 0.0179 e. The molecule has 1 aromatic rings. The van der Waals surface area contributed by atoms with Crippen LogP contribution in [0.15, 0.2) is 30.3 Å². The minimum absolute atomic E-state index is 0.394. The van der Waals surface area contributed by atoms with Crippen LogP contribution in [0.5, 0.6) is 0 Å². The Kier molecular flexibility index (Phi) is 2.36. The van der Waals surface area contributed by atoms with Crippen LogP contribution in [0.25, 0.3) is 0 Å². The van der Waals surface area contributed by atoms with E-state index in [1.807, 2.05) is 0 Å². The minimum atomic E-state index is 0.394. The fourth-order valence-electron chi connectivity index (χ4n) is 2.24. The second kappa shape index (κ2) is 3.39. The van der Waals surface area contributed by atoms with Crippen molar-refractivity contribution >= 4 is 0 Å². The summed E-state index contributed by atoms with van der Waals surface area (Å²) in [6.45, 7) is 9.31. The molecule has 0 aliphatic carbocycles. The molecule has 0 unspecified atom stereocenters. The number of nitrogens with zero attached hydrogens (tertiary/aromatic N) is 1. The van der Waals surface area contributed by atoms with E-state index in [1.165, 1.54) is 18.7 Å². The Hall–Kier alpha value is -0.820. The number of hydrogen-bond acceptors (Lipinski definition) is 1. The first-order valence-corrected chi connectivity index (χ1v) is 5.41. The van der Waals surface area contributed by atoms with Crippen LogP contribution in [0.3, 0.4) is 0 Å². The van der Waals surface area contributed by atoms with E-state index in [2.05, 4.69) is 56.0 Å². The summed E-state index contributed by atoms with van der Waals surface area (Å²) in [4.78, 5) is 2.52. The quantitative estimate of drug-likeness (QED) is 0.691. The zero-order valence-corrected chi connectivity index (χ0v) is 9.33. The normalized spacial score (nSPS) is 20.9. The molecule has 0 aromatic heterocycles. The van der Waals surface area contributed by atoms with Gasteiger partial charge in [-0.25, -0.2) is 0 Å². The zero-order valence-electron chi connectivity index (χ0n) is 9.33. The topological polar surface area (TPSA) is 3.24 Å². The lowest BCUT2D eigenvalue weighted by atomic mass is 9.75. The van der Waals surface area contributed by atoms with Crippen molar-refractivity contribution in [3.63, 3.8) is 0 Å². The maximum atomic E-state index is 2.52. The van der Waals surface area contributed by atoms with Crippen molar-refractivity contribution in [1.29, 1.82) is 0 Å². The van der Waals surface area contributed by atoms with E-state index in [0.29, 0.717) is 11.5 Å². The van der Waals surface area contributed by atoms with Gasteiger partial charge in [-0.1, -0.05) is 37.3 Å². The van der Waals surface area contributed by atoms with Gasteiger partial charge in [-0.3, -0.25) is 4.90 Å². The first kappa shape index (κ1) is 9.72. The van der Waals surface area contributed by atoms with Crippen molar-refractivity contribution in [3.8, 4) is 0 Å². The predicted molar refractivity (Wildman–Crippen MR) is 60.5 cm³/mol. The van der Waals surface area contributed by atoms with Crippen molar-refractivity contribution in [2.45, 2.75) is 32.2 Å². The standard InChI is InChI=1S/C13H19N/c1-11(2)14-9-13(3,10-14)12-7-5-4-6-8-12/h4-8,11H,9-10H2,1-3H3. The summed E-state index contributed by atoms with van der Waals surface area (Å²) >= 11 is 0. The molecule has 1 heteroatoms. The van der Waals surface area contributed by atoms with Crippen molar-refractivity contribution in [2.75, 3.05) is 13.1 Å². The predicted octanol–water partition coefficient (Wildman–Crippen LogP) is 2.67. The molecule has 1 heterocycles. The van der Waals surface area contributed by atoms with E-state index in [9.17, 15) is 0 Å². The Morgan fingerprint density at radius 2 is 1.71 bits per heavy atom. The van der Waals surface area contributed by atoms with Crippen LogP contribution in [-0.2, 0) is 5.41 Å². The molecule has 2 rings (SSSR count). The zero-order chi connectivity index (χ0) is 10.2. The van der Waals surface area contributed by atoms with Gasteiger partial charge in [0.2, 0.25) is 0 Å². The summed E-state index contributed by atoms with van der Waals surface area (Å²) in [7, 11) is 0. The highest BCUT2D eigenvalue weighted by atomic mass is 15.2. The summed E-state index contributed by atoms with van der Waals surface area (Å²) in [5, 5.41) is 0. The highest BCUT2D eigenvalue weighted by Crippen LogP contribution is 2.34. The Balaban J connectivity index is 2.08. The second-order valence-electron chi connectivity index (χ2n) is 4.93. The molecule has 1 nitrogen and oxygen atoms in total. The monoisotopic (exact) mass is 189 g/mol. The van der Waals surface area contributed by atoms with Crippen molar-refractivity contribution < 1.29 is 0 Å². The second-order valence-corrected chi connectivity index (χ2v) is 4.93. The molecule has 0 spiro atoms. The lowest BCUT2D eigenvalue weighted by molar-refractivity contribution is 0.0480. The van der Waals surface area contributed by atoms with Gasteiger partial charge in [-0.05, 0) is 19.4 Å². The highest BCUT2D eigenvalue weighted by Gasteiger charge is 2.40. The van der Waals surface area contributed by atoms with Crippen molar-refractivity contribution in [2.24, 2.45) is 0 Å². The third kappa shape index (κ3) is 1.57. The molecule has 0 radical (unpaired) electrons. The van der Waals surface area contributed by atoms with Gasteiger partial charge in [0.1, 0.15) is 0 Å². The maximum absolute atomic E-state index is 2.52. The van der Waals surface area contributed by atoms with Crippen LogP contribution in [-0.4, -0.2) is 24.0 Å². The minimum Gasteiger partial charge on any atom is -0.299 e. The Bertz CT molecular complexity index is 296. The summed E-state index contributed by atoms with van der Waals surface area (Å²) in [6.07, 6.45) is 0. The first-order chi connectivity index (χ1) is 6.62. The third-order valence-electron chi connectivity index (χ3n) is 3.31. The number of benzene rings is 1. The van der Waals surface area contributed by atoms with Crippen LogP contribution < -0.4 is 0 Å². The molecule has 1 aliphatic heterocycles. The first-order valence-electron chi connectivity index (χ1n) is 5.41. The van der Waals surface area contributed by atoms with Crippen LogP contribution in [0.1, 0.15) is 26.3 Å². The number of hydrogen-bond donors (Lipinski definition) is 0. The highest BCUT2D eigenvalue weighted by molar-refractivity contribution is 5.28. The fourth-order valence-corrected chi connectivity index (χ4v) is 2.24. The van der Waals surface area contributed by atoms with Crippen molar-refractivity contribution in [1.82, 2.24) is 4.90 Å². The average Bonchev–Trinajstić information content (AvgIpc) is 2.14. The van der Waals surface area contributed by atoms with Crippen LogP contribution in [0.4, 0.5) is 0 Å². The fraction of sp³-hybridized carbons (Fsp3) is 0.538. The lowest BCUT2D eigenvalue weighted by Gasteiger charge is -2.50. The van der Waals surface area contributed by atoms with Gasteiger partial charge in [0.15, 0.2) is 0 Å². The molecule has 0 atom stereocenters. The lowest BCUT2D eigenvalue weighted by Crippen LogP contribution is -2.59. The van der Waals surface area contributed by atoms with E-state index in [0.717, 1.165) is 0 Å². The summed E-state index contributed by atoms with van der Waals surface area (Å²) < 4.78 is 0. The Morgan fingerprint density at radius 3 is 2.21 bits per heavy atom. The van der Waals surface area contributed by atoms with E-state index in [1.54, 1.807) is 0 Å². The van der Waals surface area contributed by atoms with Gasteiger partial charge in [-0.2, -0.15) is 0 Å². The van der Waals surface area contributed by atoms with Gasteiger partial charge in [0, 0.05) is 24.5 Å². The van der Waals surface area contributed by atoms with Gasteiger partial charge in [0.05, 0.1) is 0 Å². The van der Waals surface area contributed by atoms with E-state index in [4.69, 9.17) is 0 Å². The molecule has 76 valence electrons. The largest absolute Gasteiger partial charge is 0.299 e. The number of rotatable bonds is 2. The molecule has 1 fully saturated rings. The Morgan fingerprint density at radius 1 is 1.14 bits per heavy atom. The van der Waals surface area contributed by atoms with Crippen LogP contribution >= 0.6 is 0 Å². The number of likely N-dealkylation sites (tertiary alicyclic amines) is 1. The van der Waals surface area contributed by atoms with E-state index < -0.39 is 0 Å². The molecule has 1 aliphatic rings. The molecule has 1 aromatic carbocycles. The smallest absolute Gasteiger partial charge is 0.0179 e. The molecule has 0 N–H and O–H groups in total. The van der Waals surface area contributed by atoms with E-state index in [-0.39, 0.29) is 0 Å². The van der Waals surface area contributed by atoms with Crippen LogP contribution in [0, 0.1) is 0 Å². The average molecular weight is 189 g/mol. The molecule has 1 saturated heterocycles. The van der Waals surface area contributed by atoms with Gasteiger partial charge in [-0.15, -0.1) is 0 Å². The third-order valence-corrected chi connectivity index (χ3v) is 3.31. The molecule has 0 saturated carbocycles. The Labute approximate surface area is 86.7 Å². The molecular formula is C13H19N.